The molecule has 0 aliphatic heterocycles. The van der Waals surface area contributed by atoms with E-state index in [0.29, 0.717) is 0 Å². The first-order chi connectivity index (χ1) is 14.9. The maximum Gasteiger partial charge on any atom is 0.0539 e. The maximum atomic E-state index is 3.47. The minimum atomic E-state index is 1.07. The zero-order chi connectivity index (χ0) is 20.2. The monoisotopic (exact) mass is 388 g/mol. The van der Waals surface area contributed by atoms with Gasteiger partial charge < -0.3 is 10.2 Å². The molecule has 2 nitrogen and oxygen atoms in total. The molecule has 0 fully saturated rings. The molecule has 2 heteroatoms. The highest BCUT2D eigenvalue weighted by molar-refractivity contribution is 5.97. The smallest absolute Gasteiger partial charge is 0.0539 e. The Morgan fingerprint density at radius 1 is 0.633 bits per heavy atom. The Kier molecular flexibility index (Phi) is 5.05. The van der Waals surface area contributed by atoms with Crippen LogP contribution in [0, 0.1) is 0 Å². The third-order valence-electron chi connectivity index (χ3n) is 5.43. The van der Waals surface area contributed by atoms with Crippen LogP contribution in [0.1, 0.15) is 12.8 Å². The van der Waals surface area contributed by atoms with Gasteiger partial charge in [0.1, 0.15) is 0 Å². The highest BCUT2D eigenvalue weighted by Gasteiger charge is 2.16. The van der Waals surface area contributed by atoms with E-state index in [-0.39, 0.29) is 0 Å². The highest BCUT2D eigenvalue weighted by Crippen LogP contribution is 2.37. The van der Waals surface area contributed by atoms with Gasteiger partial charge in [0.15, 0.2) is 0 Å². The van der Waals surface area contributed by atoms with E-state index < -0.39 is 0 Å². The van der Waals surface area contributed by atoms with Crippen molar-refractivity contribution in [2.24, 2.45) is 0 Å². The molecular formula is C28H24N2. The topological polar surface area (TPSA) is 15.3 Å². The van der Waals surface area contributed by atoms with Gasteiger partial charge in [-0.1, -0.05) is 66.7 Å². The molecule has 146 valence electrons. The molecule has 4 aromatic rings. The van der Waals surface area contributed by atoms with Crippen LogP contribution >= 0.6 is 0 Å². The second-order valence-corrected chi connectivity index (χ2v) is 7.48. The fraction of sp³-hybridized carbons (Fsp3) is 0.0714. The summed E-state index contributed by atoms with van der Waals surface area (Å²) in [5, 5.41) is 5.98. The van der Waals surface area contributed by atoms with Crippen molar-refractivity contribution in [3.8, 4) is 0 Å². The van der Waals surface area contributed by atoms with Crippen molar-refractivity contribution in [2.45, 2.75) is 12.8 Å². The Morgan fingerprint density at radius 3 is 2.17 bits per heavy atom. The van der Waals surface area contributed by atoms with Gasteiger partial charge in [0.05, 0.1) is 5.69 Å². The second kappa shape index (κ2) is 8.30. The number of para-hydroxylation sites is 1. The summed E-state index contributed by atoms with van der Waals surface area (Å²) in [6.07, 6.45) is 9.01. The van der Waals surface area contributed by atoms with Gasteiger partial charge in [0.25, 0.3) is 0 Å². The number of hydrogen-bond acceptors (Lipinski definition) is 2. The minimum absolute atomic E-state index is 1.07. The second-order valence-electron chi connectivity index (χ2n) is 7.48. The molecule has 0 saturated carbocycles. The third kappa shape index (κ3) is 3.72. The van der Waals surface area contributed by atoms with Gasteiger partial charge >= 0.3 is 0 Å². The number of rotatable bonds is 5. The standard InChI is InChI=1S/C28H24N2/c1-3-12-23(13-4-1)29-24-18-20-26(21-19-24)30(25-14-5-2-6-15-25)28-17-9-11-22-10-7-8-16-27(22)28/h1,3-5,7-21,29H,2,6H2. The molecule has 0 atom stereocenters. The van der Waals surface area contributed by atoms with E-state index in [1.165, 1.54) is 22.2 Å². The van der Waals surface area contributed by atoms with E-state index >= 15 is 0 Å². The number of nitrogens with zero attached hydrogens (tertiary/aromatic N) is 1. The van der Waals surface area contributed by atoms with Crippen molar-refractivity contribution in [3.63, 3.8) is 0 Å². The first-order valence-electron chi connectivity index (χ1n) is 10.5. The van der Waals surface area contributed by atoms with Crippen molar-refractivity contribution in [2.75, 3.05) is 10.2 Å². The molecule has 0 saturated heterocycles. The zero-order valence-corrected chi connectivity index (χ0v) is 16.8. The fourth-order valence-electron chi connectivity index (χ4n) is 3.98. The van der Waals surface area contributed by atoms with Crippen LogP contribution < -0.4 is 10.2 Å². The van der Waals surface area contributed by atoms with E-state index in [1.54, 1.807) is 0 Å². The number of nitrogens with one attached hydrogen (secondary N) is 1. The lowest BCUT2D eigenvalue weighted by atomic mass is 10.0. The Morgan fingerprint density at radius 2 is 1.37 bits per heavy atom. The first-order valence-corrected chi connectivity index (χ1v) is 10.5. The number of fused-ring (bicyclic) bond motifs is 1. The SMILES string of the molecule is C1=CC(N(c2ccc(Nc3ccccc3)cc2)c2cccc3ccccc23)=CCC1. The predicted molar refractivity (Wildman–Crippen MR) is 129 cm³/mol. The summed E-state index contributed by atoms with van der Waals surface area (Å²) < 4.78 is 0. The minimum Gasteiger partial charge on any atom is -0.356 e. The molecule has 1 aliphatic carbocycles. The number of benzene rings is 4. The van der Waals surface area contributed by atoms with Gasteiger partial charge in [-0.05, 0) is 66.8 Å². The van der Waals surface area contributed by atoms with Crippen LogP contribution in [0.25, 0.3) is 10.8 Å². The van der Waals surface area contributed by atoms with Gasteiger partial charge in [-0.25, -0.2) is 0 Å². The van der Waals surface area contributed by atoms with Crippen LogP contribution in [0.2, 0.25) is 0 Å². The molecule has 0 heterocycles. The molecule has 30 heavy (non-hydrogen) atoms. The van der Waals surface area contributed by atoms with E-state index in [2.05, 4.69) is 107 Å². The Hall–Kier alpha value is -3.78. The lowest BCUT2D eigenvalue weighted by Crippen LogP contribution is -2.16. The molecule has 5 rings (SSSR count). The number of anilines is 4. The molecule has 0 unspecified atom stereocenters. The van der Waals surface area contributed by atoms with Gasteiger partial charge in [-0.3, -0.25) is 0 Å². The molecule has 0 bridgehead atoms. The molecule has 1 aliphatic rings. The summed E-state index contributed by atoms with van der Waals surface area (Å²) in [4.78, 5) is 2.37. The van der Waals surface area contributed by atoms with Gasteiger partial charge in [-0.15, -0.1) is 0 Å². The first kappa shape index (κ1) is 18.3. The van der Waals surface area contributed by atoms with Crippen LogP contribution in [0.3, 0.4) is 0 Å². The lowest BCUT2D eigenvalue weighted by Gasteiger charge is -2.29. The molecule has 0 radical (unpaired) electrons. The fourth-order valence-corrected chi connectivity index (χ4v) is 3.98. The van der Waals surface area contributed by atoms with Crippen molar-refractivity contribution in [1.29, 1.82) is 0 Å². The van der Waals surface area contributed by atoms with E-state index in [9.17, 15) is 0 Å². The third-order valence-corrected chi connectivity index (χ3v) is 5.43. The average molecular weight is 389 g/mol. The summed E-state index contributed by atoms with van der Waals surface area (Å²) in [6, 6.07) is 34.1. The summed E-state index contributed by atoms with van der Waals surface area (Å²) in [5.74, 6) is 0. The van der Waals surface area contributed by atoms with E-state index in [0.717, 1.165) is 29.9 Å². The number of hydrogen-bond donors (Lipinski definition) is 1. The normalized spacial score (nSPS) is 13.1. The lowest BCUT2D eigenvalue weighted by molar-refractivity contribution is 0.998. The van der Waals surface area contributed by atoms with Gasteiger partial charge in [0.2, 0.25) is 0 Å². The Labute approximate surface area is 177 Å². The highest BCUT2D eigenvalue weighted by atomic mass is 15.1. The molecule has 0 spiro atoms. The molecule has 0 amide bonds. The summed E-state index contributed by atoms with van der Waals surface area (Å²) in [7, 11) is 0. The molecule has 0 aromatic heterocycles. The van der Waals surface area contributed by atoms with Crippen molar-refractivity contribution >= 4 is 33.5 Å². The van der Waals surface area contributed by atoms with Crippen molar-refractivity contribution < 1.29 is 0 Å². The van der Waals surface area contributed by atoms with Gasteiger partial charge in [-0.2, -0.15) is 0 Å². The van der Waals surface area contributed by atoms with Crippen LogP contribution in [0.4, 0.5) is 22.7 Å². The summed E-state index contributed by atoms with van der Waals surface area (Å²) in [5.41, 5.74) is 5.75. The Balaban J connectivity index is 1.56. The van der Waals surface area contributed by atoms with Crippen molar-refractivity contribution in [3.05, 3.63) is 121 Å². The van der Waals surface area contributed by atoms with Crippen LogP contribution in [-0.4, -0.2) is 0 Å². The van der Waals surface area contributed by atoms with Crippen LogP contribution in [-0.2, 0) is 0 Å². The quantitative estimate of drug-likeness (QED) is 0.373. The average Bonchev–Trinajstić information content (AvgIpc) is 2.82. The summed E-state index contributed by atoms with van der Waals surface area (Å²) >= 11 is 0. The van der Waals surface area contributed by atoms with E-state index in [1.807, 2.05) is 18.2 Å². The number of allylic oxidation sites excluding steroid dienone is 3. The van der Waals surface area contributed by atoms with Crippen molar-refractivity contribution in [1.82, 2.24) is 0 Å². The predicted octanol–water partition coefficient (Wildman–Crippen LogP) is 7.96. The molecule has 1 N–H and O–H groups in total. The van der Waals surface area contributed by atoms with E-state index in [4.69, 9.17) is 0 Å². The van der Waals surface area contributed by atoms with Crippen LogP contribution in [0.15, 0.2) is 121 Å². The Bertz CT molecular complexity index is 1200. The largest absolute Gasteiger partial charge is 0.356 e. The molecule has 4 aromatic carbocycles. The summed E-state index contributed by atoms with van der Waals surface area (Å²) in [6.45, 7) is 0. The maximum absolute atomic E-state index is 3.47. The molecular weight excluding hydrogens is 364 g/mol. The zero-order valence-electron chi connectivity index (χ0n) is 16.8. The van der Waals surface area contributed by atoms with Crippen LogP contribution in [0.5, 0.6) is 0 Å². The van der Waals surface area contributed by atoms with Gasteiger partial charge in [0, 0.05) is 28.1 Å².